The van der Waals surface area contributed by atoms with Crippen LogP contribution in [0.4, 0.5) is 0 Å². The number of rotatable bonds is 4. The third-order valence-electron chi connectivity index (χ3n) is 3.58. The van der Waals surface area contributed by atoms with Gasteiger partial charge in [-0.1, -0.05) is 18.0 Å². The summed E-state index contributed by atoms with van der Waals surface area (Å²) in [5.74, 6) is -0.916. The van der Waals surface area contributed by atoms with Crippen molar-refractivity contribution in [1.82, 2.24) is 5.32 Å². The molecule has 1 aliphatic rings. The van der Waals surface area contributed by atoms with Crippen molar-refractivity contribution in [2.24, 2.45) is 0 Å². The Morgan fingerprint density at radius 1 is 1.47 bits per heavy atom. The molecule has 0 unspecified atom stereocenters. The van der Waals surface area contributed by atoms with Gasteiger partial charge in [0.15, 0.2) is 0 Å². The first-order valence-electron chi connectivity index (χ1n) is 6.53. The first-order valence-corrected chi connectivity index (χ1v) is 7.70. The zero-order chi connectivity index (χ0) is 13.8. The van der Waals surface area contributed by atoms with Crippen LogP contribution < -0.4 is 5.32 Å². The number of hydrogen-bond acceptors (Lipinski definition) is 2. The molecular formula is C14H17BrClNO2. The molecular weight excluding hydrogens is 330 g/mol. The Kier molecular flexibility index (Phi) is 5.25. The number of benzene rings is 1. The summed E-state index contributed by atoms with van der Waals surface area (Å²) < 4.78 is 0.755. The van der Waals surface area contributed by atoms with E-state index < -0.39 is 5.97 Å². The fourth-order valence-electron chi connectivity index (χ4n) is 2.53. The van der Waals surface area contributed by atoms with Crippen LogP contribution in [0.1, 0.15) is 41.6 Å². The van der Waals surface area contributed by atoms with Crippen LogP contribution in [0.3, 0.4) is 0 Å². The van der Waals surface area contributed by atoms with Gasteiger partial charge in [-0.2, -0.15) is 0 Å². The van der Waals surface area contributed by atoms with Gasteiger partial charge in [0, 0.05) is 10.5 Å². The Hall–Kier alpha value is -0.580. The minimum absolute atomic E-state index is 0.309. The second-order valence-electron chi connectivity index (χ2n) is 4.88. The second kappa shape index (κ2) is 6.73. The lowest BCUT2D eigenvalue weighted by atomic mass is 9.95. The van der Waals surface area contributed by atoms with Gasteiger partial charge >= 0.3 is 5.97 Å². The standard InChI is InChI=1S/C14H17BrClNO2/c15-12-7-6-11(14(18)19)10(13(12)16)5-4-9-3-1-2-8-17-9/h6-7,9,17H,1-5,8H2,(H,18,19)/t9-/m1/s1. The number of aromatic carboxylic acids is 1. The summed E-state index contributed by atoms with van der Waals surface area (Å²) in [6.07, 6.45) is 5.26. The molecule has 0 radical (unpaired) electrons. The van der Waals surface area contributed by atoms with Crippen LogP contribution in [0.2, 0.25) is 5.02 Å². The average molecular weight is 347 g/mol. The summed E-state index contributed by atoms with van der Waals surface area (Å²) in [5, 5.41) is 13.2. The maximum Gasteiger partial charge on any atom is 0.336 e. The van der Waals surface area contributed by atoms with Gasteiger partial charge in [0.25, 0.3) is 0 Å². The van der Waals surface area contributed by atoms with Crippen LogP contribution in [-0.4, -0.2) is 23.7 Å². The molecule has 3 nitrogen and oxygen atoms in total. The van der Waals surface area contributed by atoms with Gasteiger partial charge in [0.05, 0.1) is 10.6 Å². The minimum Gasteiger partial charge on any atom is -0.478 e. The Bertz CT molecular complexity index is 473. The van der Waals surface area contributed by atoms with Gasteiger partial charge in [0.1, 0.15) is 0 Å². The Labute approximate surface area is 126 Å². The third-order valence-corrected chi connectivity index (χ3v) is 4.90. The predicted molar refractivity (Wildman–Crippen MR) is 80.1 cm³/mol. The summed E-state index contributed by atoms with van der Waals surface area (Å²) in [6, 6.07) is 3.78. The van der Waals surface area contributed by atoms with Crippen LogP contribution in [0.25, 0.3) is 0 Å². The number of hydrogen-bond donors (Lipinski definition) is 2. The van der Waals surface area contributed by atoms with Crippen LogP contribution in [0.5, 0.6) is 0 Å². The molecule has 0 bridgehead atoms. The van der Waals surface area contributed by atoms with E-state index in [4.69, 9.17) is 11.6 Å². The van der Waals surface area contributed by atoms with E-state index in [1.807, 2.05) is 0 Å². The van der Waals surface area contributed by atoms with Crippen LogP contribution in [0, 0.1) is 0 Å². The van der Waals surface area contributed by atoms with E-state index in [9.17, 15) is 9.90 Å². The SMILES string of the molecule is O=C(O)c1ccc(Br)c(Cl)c1CC[C@H]1CCCCN1. The highest BCUT2D eigenvalue weighted by Gasteiger charge is 2.18. The van der Waals surface area contributed by atoms with Crippen LogP contribution in [-0.2, 0) is 6.42 Å². The van der Waals surface area contributed by atoms with Crippen molar-refractivity contribution < 1.29 is 9.90 Å². The van der Waals surface area contributed by atoms with Gasteiger partial charge in [0.2, 0.25) is 0 Å². The molecule has 1 atom stereocenters. The first kappa shape index (κ1) is 14.8. The van der Waals surface area contributed by atoms with Crippen molar-refractivity contribution in [3.05, 3.63) is 32.8 Å². The lowest BCUT2D eigenvalue weighted by molar-refractivity contribution is 0.0695. The molecule has 2 rings (SSSR count). The Balaban J connectivity index is 2.13. The molecule has 1 heterocycles. The number of carboxylic acids is 1. The van der Waals surface area contributed by atoms with E-state index >= 15 is 0 Å². The van der Waals surface area contributed by atoms with Crippen molar-refractivity contribution in [2.75, 3.05) is 6.54 Å². The molecule has 0 aromatic heterocycles. The van der Waals surface area contributed by atoms with E-state index in [0.717, 1.165) is 29.4 Å². The van der Waals surface area contributed by atoms with E-state index in [1.54, 1.807) is 12.1 Å². The molecule has 2 N–H and O–H groups in total. The first-order chi connectivity index (χ1) is 9.09. The highest BCUT2D eigenvalue weighted by atomic mass is 79.9. The van der Waals surface area contributed by atoms with Crippen LogP contribution >= 0.6 is 27.5 Å². The summed E-state index contributed by atoms with van der Waals surface area (Å²) in [4.78, 5) is 11.2. The number of halogens is 2. The normalized spacial score (nSPS) is 19.4. The molecule has 5 heteroatoms. The molecule has 1 saturated heterocycles. The Morgan fingerprint density at radius 3 is 2.89 bits per heavy atom. The summed E-state index contributed by atoms with van der Waals surface area (Å²) in [7, 11) is 0. The van der Waals surface area contributed by atoms with E-state index in [2.05, 4.69) is 21.2 Å². The molecule has 19 heavy (non-hydrogen) atoms. The lowest BCUT2D eigenvalue weighted by Crippen LogP contribution is -2.34. The molecule has 1 aromatic rings. The number of carbonyl (C=O) groups is 1. The zero-order valence-electron chi connectivity index (χ0n) is 10.6. The summed E-state index contributed by atoms with van der Waals surface area (Å²) >= 11 is 9.58. The number of carboxylic acid groups (broad SMARTS) is 1. The number of nitrogens with one attached hydrogen (secondary N) is 1. The molecule has 0 saturated carbocycles. The van der Waals surface area contributed by atoms with Gasteiger partial charge < -0.3 is 10.4 Å². The van der Waals surface area contributed by atoms with Crippen molar-refractivity contribution in [1.29, 1.82) is 0 Å². The molecule has 104 valence electrons. The van der Waals surface area contributed by atoms with E-state index in [0.29, 0.717) is 23.0 Å². The molecule has 1 aromatic carbocycles. The highest BCUT2D eigenvalue weighted by Crippen LogP contribution is 2.30. The highest BCUT2D eigenvalue weighted by molar-refractivity contribution is 9.10. The molecule has 0 spiro atoms. The predicted octanol–water partition coefficient (Wildman–Crippen LogP) is 3.88. The molecule has 1 aliphatic heterocycles. The minimum atomic E-state index is -0.916. The summed E-state index contributed by atoms with van der Waals surface area (Å²) in [5.41, 5.74) is 1.04. The number of piperidine rings is 1. The average Bonchev–Trinajstić information content (AvgIpc) is 2.41. The monoisotopic (exact) mass is 345 g/mol. The zero-order valence-corrected chi connectivity index (χ0v) is 12.9. The fourth-order valence-corrected chi connectivity index (χ4v) is 3.16. The van der Waals surface area contributed by atoms with E-state index in [1.165, 1.54) is 12.8 Å². The van der Waals surface area contributed by atoms with Gasteiger partial charge in [-0.25, -0.2) is 4.79 Å². The van der Waals surface area contributed by atoms with Crippen LogP contribution in [0.15, 0.2) is 16.6 Å². The fraction of sp³-hybridized carbons (Fsp3) is 0.500. The van der Waals surface area contributed by atoms with Crippen molar-refractivity contribution in [3.8, 4) is 0 Å². The molecule has 0 amide bonds. The largest absolute Gasteiger partial charge is 0.478 e. The van der Waals surface area contributed by atoms with Gasteiger partial charge in [-0.05, 0) is 65.9 Å². The van der Waals surface area contributed by atoms with Gasteiger partial charge in [-0.15, -0.1) is 0 Å². The maximum absolute atomic E-state index is 11.2. The smallest absolute Gasteiger partial charge is 0.336 e. The quantitative estimate of drug-likeness (QED) is 0.870. The third kappa shape index (κ3) is 3.71. The van der Waals surface area contributed by atoms with E-state index in [-0.39, 0.29) is 0 Å². The lowest BCUT2D eigenvalue weighted by Gasteiger charge is -2.23. The van der Waals surface area contributed by atoms with Crippen molar-refractivity contribution in [2.45, 2.75) is 38.1 Å². The Morgan fingerprint density at radius 2 is 2.26 bits per heavy atom. The molecule has 0 aliphatic carbocycles. The topological polar surface area (TPSA) is 49.3 Å². The summed E-state index contributed by atoms with van der Waals surface area (Å²) in [6.45, 7) is 1.06. The second-order valence-corrected chi connectivity index (χ2v) is 6.11. The van der Waals surface area contributed by atoms with Crippen molar-refractivity contribution >= 4 is 33.5 Å². The van der Waals surface area contributed by atoms with Crippen molar-refractivity contribution in [3.63, 3.8) is 0 Å². The molecule has 1 fully saturated rings. The van der Waals surface area contributed by atoms with Gasteiger partial charge in [-0.3, -0.25) is 0 Å². The maximum atomic E-state index is 11.2.